The maximum atomic E-state index is 11.9. The fourth-order valence-corrected chi connectivity index (χ4v) is 1.83. The first-order valence-electron chi connectivity index (χ1n) is 5.32. The van der Waals surface area contributed by atoms with Crippen LogP contribution in [0.25, 0.3) is 0 Å². The van der Waals surface area contributed by atoms with E-state index in [4.69, 9.17) is 0 Å². The van der Waals surface area contributed by atoms with Crippen LogP contribution in [0.1, 0.15) is 22.3 Å². The van der Waals surface area contributed by atoms with E-state index in [0.717, 1.165) is 5.56 Å². The van der Waals surface area contributed by atoms with Gasteiger partial charge in [-0.1, -0.05) is 29.8 Å². The van der Waals surface area contributed by atoms with Gasteiger partial charge in [0.15, 0.2) is 5.78 Å². The van der Waals surface area contributed by atoms with E-state index in [1.54, 1.807) is 0 Å². The molecule has 1 aromatic carbocycles. The predicted octanol–water partition coefficient (Wildman–Crippen LogP) is 1.99. The van der Waals surface area contributed by atoms with Gasteiger partial charge in [-0.3, -0.25) is 9.59 Å². The number of hydrogen-bond donors (Lipinski definition) is 0. The van der Waals surface area contributed by atoms with E-state index in [1.807, 2.05) is 31.2 Å². The SMILES string of the molecule is COC(=O)C1CC1C(=O)c1ccc(C)cc1. The molecule has 0 aliphatic heterocycles. The summed E-state index contributed by atoms with van der Waals surface area (Å²) in [5.74, 6) is -0.616. The standard InChI is InChI=1S/C13H14O3/c1-8-3-5-9(6-4-8)12(14)10-7-11(10)13(15)16-2/h3-6,10-11H,7H2,1-2H3. The summed E-state index contributed by atoms with van der Waals surface area (Å²) in [5.41, 5.74) is 1.80. The van der Waals surface area contributed by atoms with Crippen molar-refractivity contribution in [3.63, 3.8) is 0 Å². The summed E-state index contributed by atoms with van der Waals surface area (Å²) in [5, 5.41) is 0. The first kappa shape index (κ1) is 10.9. The van der Waals surface area contributed by atoms with Gasteiger partial charge < -0.3 is 4.74 Å². The average molecular weight is 218 g/mol. The molecule has 0 bridgehead atoms. The van der Waals surface area contributed by atoms with Crippen LogP contribution in [0.4, 0.5) is 0 Å². The lowest BCUT2D eigenvalue weighted by Crippen LogP contribution is -2.10. The van der Waals surface area contributed by atoms with Crippen molar-refractivity contribution in [1.29, 1.82) is 0 Å². The van der Waals surface area contributed by atoms with Gasteiger partial charge in [-0.25, -0.2) is 0 Å². The van der Waals surface area contributed by atoms with Crippen molar-refractivity contribution in [2.24, 2.45) is 11.8 Å². The minimum Gasteiger partial charge on any atom is -0.469 e. The molecule has 0 N–H and O–H groups in total. The Bertz CT molecular complexity index is 419. The highest BCUT2D eigenvalue weighted by Crippen LogP contribution is 2.41. The van der Waals surface area contributed by atoms with Crippen LogP contribution in [0, 0.1) is 18.8 Å². The number of ether oxygens (including phenoxy) is 1. The minimum absolute atomic E-state index is 0.0513. The third-order valence-corrected chi connectivity index (χ3v) is 2.97. The fraction of sp³-hybridized carbons (Fsp3) is 0.385. The Morgan fingerprint density at radius 2 is 1.81 bits per heavy atom. The van der Waals surface area contributed by atoms with Crippen LogP contribution in [0.15, 0.2) is 24.3 Å². The van der Waals surface area contributed by atoms with Crippen molar-refractivity contribution in [1.82, 2.24) is 0 Å². The number of carbonyl (C=O) groups is 2. The Hall–Kier alpha value is -1.64. The number of hydrogen-bond acceptors (Lipinski definition) is 3. The zero-order chi connectivity index (χ0) is 11.7. The third-order valence-electron chi connectivity index (χ3n) is 2.97. The normalized spacial score (nSPS) is 22.6. The maximum absolute atomic E-state index is 11.9. The molecule has 1 saturated carbocycles. The molecule has 1 aromatic rings. The van der Waals surface area contributed by atoms with E-state index < -0.39 is 0 Å². The Morgan fingerprint density at radius 3 is 2.38 bits per heavy atom. The Labute approximate surface area is 94.4 Å². The van der Waals surface area contributed by atoms with Gasteiger partial charge in [0.2, 0.25) is 0 Å². The number of ketones is 1. The second kappa shape index (κ2) is 4.08. The molecule has 0 amide bonds. The van der Waals surface area contributed by atoms with Gasteiger partial charge in [0.1, 0.15) is 0 Å². The minimum atomic E-state index is -0.273. The molecule has 0 spiro atoms. The van der Waals surface area contributed by atoms with Crippen molar-refractivity contribution < 1.29 is 14.3 Å². The van der Waals surface area contributed by atoms with Crippen LogP contribution < -0.4 is 0 Å². The first-order chi connectivity index (χ1) is 7.63. The summed E-state index contributed by atoms with van der Waals surface area (Å²) in [6.07, 6.45) is 0.624. The fourth-order valence-electron chi connectivity index (χ4n) is 1.83. The van der Waals surface area contributed by atoms with Crippen LogP contribution >= 0.6 is 0 Å². The highest BCUT2D eigenvalue weighted by atomic mass is 16.5. The second-order valence-corrected chi connectivity index (χ2v) is 4.20. The van der Waals surface area contributed by atoms with Crippen LogP contribution in [0.2, 0.25) is 0 Å². The Morgan fingerprint density at radius 1 is 1.19 bits per heavy atom. The van der Waals surface area contributed by atoms with Gasteiger partial charge in [-0.2, -0.15) is 0 Å². The monoisotopic (exact) mass is 218 g/mol. The van der Waals surface area contributed by atoms with E-state index >= 15 is 0 Å². The van der Waals surface area contributed by atoms with Gasteiger partial charge in [-0.05, 0) is 13.3 Å². The van der Waals surface area contributed by atoms with Gasteiger partial charge in [-0.15, -0.1) is 0 Å². The van der Waals surface area contributed by atoms with Crippen molar-refractivity contribution in [3.8, 4) is 0 Å². The molecule has 0 aromatic heterocycles. The lowest BCUT2D eigenvalue weighted by molar-refractivity contribution is -0.142. The summed E-state index contributed by atoms with van der Waals surface area (Å²) in [6.45, 7) is 1.97. The third kappa shape index (κ3) is 1.98. The molecule has 1 fully saturated rings. The number of rotatable bonds is 3. The highest BCUT2D eigenvalue weighted by molar-refractivity contribution is 6.02. The van der Waals surface area contributed by atoms with Gasteiger partial charge in [0.05, 0.1) is 13.0 Å². The molecular formula is C13H14O3. The number of Topliss-reactive ketones (excluding diaryl/α,β-unsaturated/α-hetero) is 1. The highest BCUT2D eigenvalue weighted by Gasteiger charge is 2.48. The van der Waals surface area contributed by atoms with Gasteiger partial charge >= 0.3 is 5.97 Å². The molecule has 0 radical (unpaired) electrons. The number of carbonyl (C=O) groups excluding carboxylic acids is 2. The van der Waals surface area contributed by atoms with Gasteiger partial charge in [0, 0.05) is 11.5 Å². The van der Waals surface area contributed by atoms with Crippen molar-refractivity contribution in [2.45, 2.75) is 13.3 Å². The lowest BCUT2D eigenvalue weighted by Gasteiger charge is -2.00. The molecule has 1 aliphatic carbocycles. The molecule has 2 unspecified atom stereocenters. The summed E-state index contributed by atoms with van der Waals surface area (Å²) in [4.78, 5) is 23.1. The van der Waals surface area contributed by atoms with Crippen LogP contribution in [-0.2, 0) is 9.53 Å². The van der Waals surface area contributed by atoms with Crippen molar-refractivity contribution >= 4 is 11.8 Å². The average Bonchev–Trinajstić information content (AvgIpc) is 3.08. The quantitative estimate of drug-likeness (QED) is 0.575. The van der Waals surface area contributed by atoms with Crippen molar-refractivity contribution in [3.05, 3.63) is 35.4 Å². The second-order valence-electron chi connectivity index (χ2n) is 4.20. The largest absolute Gasteiger partial charge is 0.469 e. The number of esters is 1. The zero-order valence-corrected chi connectivity index (χ0v) is 9.40. The van der Waals surface area contributed by atoms with Crippen molar-refractivity contribution in [2.75, 3.05) is 7.11 Å². The first-order valence-corrected chi connectivity index (χ1v) is 5.32. The molecule has 0 saturated heterocycles. The van der Waals surface area contributed by atoms with E-state index in [2.05, 4.69) is 4.74 Å². The predicted molar refractivity (Wildman–Crippen MR) is 59.1 cm³/mol. The van der Waals surface area contributed by atoms with E-state index in [-0.39, 0.29) is 23.6 Å². The van der Waals surface area contributed by atoms with Crippen LogP contribution in [0.5, 0.6) is 0 Å². The molecular weight excluding hydrogens is 204 g/mol. The summed E-state index contributed by atoms with van der Waals surface area (Å²) >= 11 is 0. The molecule has 2 rings (SSSR count). The summed E-state index contributed by atoms with van der Waals surface area (Å²) in [7, 11) is 1.36. The zero-order valence-electron chi connectivity index (χ0n) is 9.40. The summed E-state index contributed by atoms with van der Waals surface area (Å²) in [6, 6.07) is 7.43. The molecule has 1 aliphatic rings. The molecule has 3 nitrogen and oxygen atoms in total. The molecule has 0 heterocycles. The number of methoxy groups -OCH3 is 1. The Balaban J connectivity index is 2.05. The molecule has 84 valence electrons. The smallest absolute Gasteiger partial charge is 0.309 e. The Kier molecular flexibility index (Phi) is 2.77. The molecule has 2 atom stereocenters. The molecule has 3 heteroatoms. The summed E-state index contributed by atoms with van der Waals surface area (Å²) < 4.78 is 4.62. The van der Waals surface area contributed by atoms with Crippen LogP contribution in [-0.4, -0.2) is 18.9 Å². The van der Waals surface area contributed by atoms with Gasteiger partial charge in [0.25, 0.3) is 0 Å². The topological polar surface area (TPSA) is 43.4 Å². The number of benzene rings is 1. The lowest BCUT2D eigenvalue weighted by atomic mass is 10.0. The van der Waals surface area contributed by atoms with E-state index in [0.29, 0.717) is 12.0 Å². The number of aryl methyl sites for hydroxylation is 1. The van der Waals surface area contributed by atoms with E-state index in [9.17, 15) is 9.59 Å². The van der Waals surface area contributed by atoms with Crippen LogP contribution in [0.3, 0.4) is 0 Å². The van der Waals surface area contributed by atoms with E-state index in [1.165, 1.54) is 7.11 Å². The maximum Gasteiger partial charge on any atom is 0.309 e. The molecule has 16 heavy (non-hydrogen) atoms.